The Balaban J connectivity index is 1.36. The van der Waals surface area contributed by atoms with Crippen LogP contribution < -0.4 is 9.47 Å². The molecule has 0 fully saturated rings. The minimum absolute atomic E-state index is 0.256. The molecule has 2 aromatic heterocycles. The lowest BCUT2D eigenvalue weighted by Gasteiger charge is -1.99. The van der Waals surface area contributed by atoms with E-state index in [-0.39, 0.29) is 6.79 Å². The molecule has 0 aliphatic carbocycles. The molecule has 0 bridgehead atoms. The fraction of sp³-hybridized carbons (Fsp3) is 0.105. The Morgan fingerprint density at radius 1 is 1.04 bits per heavy atom. The molecule has 0 saturated carbocycles. The minimum atomic E-state index is 0.256. The van der Waals surface area contributed by atoms with Gasteiger partial charge in [0.2, 0.25) is 18.5 Å². The van der Waals surface area contributed by atoms with E-state index in [0.717, 1.165) is 33.3 Å². The summed E-state index contributed by atoms with van der Waals surface area (Å²) in [6, 6.07) is 13.2. The van der Waals surface area contributed by atoms with Crippen molar-refractivity contribution in [3.63, 3.8) is 0 Å². The summed E-state index contributed by atoms with van der Waals surface area (Å²) in [5.41, 5.74) is 2.59. The molecular formula is C19H12ClN3O3S. The van der Waals surface area contributed by atoms with Gasteiger partial charge in [-0.05, 0) is 30.3 Å². The van der Waals surface area contributed by atoms with Gasteiger partial charge in [-0.2, -0.15) is 4.98 Å². The van der Waals surface area contributed by atoms with Crippen LogP contribution in [0.5, 0.6) is 11.5 Å². The first-order chi connectivity index (χ1) is 13.3. The van der Waals surface area contributed by atoms with Crippen molar-refractivity contribution in [1.29, 1.82) is 0 Å². The summed E-state index contributed by atoms with van der Waals surface area (Å²) in [5, 5.41) is 7.50. The van der Waals surface area contributed by atoms with Crippen LogP contribution in [0.2, 0.25) is 5.02 Å². The second-order valence-corrected chi connectivity index (χ2v) is 7.21. The SMILES string of the molecule is Clc1ccccc1-c1noc(Cc2nc(-c3ccc4c(c3)OCO4)cs2)n1. The van der Waals surface area contributed by atoms with E-state index in [2.05, 4.69) is 15.1 Å². The highest BCUT2D eigenvalue weighted by Gasteiger charge is 2.16. The molecule has 2 aromatic carbocycles. The Labute approximate surface area is 163 Å². The molecule has 0 atom stereocenters. The lowest BCUT2D eigenvalue weighted by molar-refractivity contribution is 0.174. The molecule has 5 rings (SSSR count). The zero-order valence-electron chi connectivity index (χ0n) is 13.9. The molecule has 0 amide bonds. The molecule has 0 unspecified atom stereocenters. The van der Waals surface area contributed by atoms with Crippen molar-refractivity contribution < 1.29 is 14.0 Å². The first kappa shape index (κ1) is 16.3. The largest absolute Gasteiger partial charge is 0.454 e. The summed E-state index contributed by atoms with van der Waals surface area (Å²) in [5.74, 6) is 2.47. The number of fused-ring (bicyclic) bond motifs is 1. The summed E-state index contributed by atoms with van der Waals surface area (Å²) in [4.78, 5) is 9.10. The second kappa shape index (κ2) is 6.68. The summed E-state index contributed by atoms with van der Waals surface area (Å²) in [7, 11) is 0. The highest BCUT2D eigenvalue weighted by molar-refractivity contribution is 7.10. The van der Waals surface area contributed by atoms with E-state index in [9.17, 15) is 0 Å². The zero-order valence-corrected chi connectivity index (χ0v) is 15.5. The van der Waals surface area contributed by atoms with Gasteiger partial charge in [0.1, 0.15) is 5.01 Å². The zero-order chi connectivity index (χ0) is 18.2. The van der Waals surface area contributed by atoms with E-state index >= 15 is 0 Å². The van der Waals surface area contributed by atoms with Gasteiger partial charge in [0.25, 0.3) is 0 Å². The van der Waals surface area contributed by atoms with Gasteiger partial charge in [-0.15, -0.1) is 11.3 Å². The van der Waals surface area contributed by atoms with Gasteiger partial charge >= 0.3 is 0 Å². The summed E-state index contributed by atoms with van der Waals surface area (Å²) in [6.45, 7) is 0.256. The number of benzene rings is 2. The molecule has 134 valence electrons. The number of hydrogen-bond donors (Lipinski definition) is 0. The van der Waals surface area contributed by atoms with E-state index in [1.807, 2.05) is 41.8 Å². The van der Waals surface area contributed by atoms with Crippen LogP contribution in [0.15, 0.2) is 52.4 Å². The molecule has 8 heteroatoms. The highest BCUT2D eigenvalue weighted by atomic mass is 35.5. The van der Waals surface area contributed by atoms with E-state index in [1.54, 1.807) is 17.4 Å². The molecule has 3 heterocycles. The standard InChI is InChI=1S/C19H12ClN3O3S/c20-13-4-2-1-3-12(13)19-22-17(26-23-19)8-18-21-14(9-27-18)11-5-6-15-16(7-11)25-10-24-15/h1-7,9H,8,10H2. The van der Waals surface area contributed by atoms with Crippen molar-refractivity contribution in [2.75, 3.05) is 6.79 Å². The van der Waals surface area contributed by atoms with Crippen LogP contribution in [0.1, 0.15) is 10.9 Å². The van der Waals surface area contributed by atoms with Crippen LogP contribution in [0.4, 0.5) is 0 Å². The van der Waals surface area contributed by atoms with Gasteiger partial charge < -0.3 is 14.0 Å². The Bertz CT molecular complexity index is 1120. The topological polar surface area (TPSA) is 70.3 Å². The van der Waals surface area contributed by atoms with E-state index in [0.29, 0.717) is 23.2 Å². The molecule has 0 N–H and O–H groups in total. The Kier molecular flexibility index (Phi) is 4.03. The van der Waals surface area contributed by atoms with E-state index in [4.69, 9.17) is 25.6 Å². The number of thiazole rings is 1. The van der Waals surface area contributed by atoms with Crippen LogP contribution in [-0.2, 0) is 6.42 Å². The number of hydrogen-bond acceptors (Lipinski definition) is 7. The van der Waals surface area contributed by atoms with Gasteiger partial charge in [-0.3, -0.25) is 0 Å². The monoisotopic (exact) mass is 397 g/mol. The fourth-order valence-electron chi connectivity index (χ4n) is 2.79. The van der Waals surface area contributed by atoms with Gasteiger partial charge in [0.05, 0.1) is 17.1 Å². The molecule has 27 heavy (non-hydrogen) atoms. The third-order valence-corrected chi connectivity index (χ3v) is 5.28. The van der Waals surface area contributed by atoms with Gasteiger partial charge in [-0.25, -0.2) is 4.98 Å². The van der Waals surface area contributed by atoms with Crippen LogP contribution in [0.3, 0.4) is 0 Å². The maximum atomic E-state index is 6.19. The quantitative estimate of drug-likeness (QED) is 0.491. The number of halogens is 1. The smallest absolute Gasteiger partial charge is 0.233 e. The number of aromatic nitrogens is 3. The molecule has 0 radical (unpaired) electrons. The molecular weight excluding hydrogens is 386 g/mol. The van der Waals surface area contributed by atoms with Crippen LogP contribution in [0.25, 0.3) is 22.6 Å². The van der Waals surface area contributed by atoms with Crippen LogP contribution >= 0.6 is 22.9 Å². The molecule has 0 spiro atoms. The lowest BCUT2D eigenvalue weighted by Crippen LogP contribution is -1.92. The number of rotatable bonds is 4. The van der Waals surface area contributed by atoms with Crippen molar-refractivity contribution in [3.05, 3.63) is 63.8 Å². The molecule has 1 aliphatic heterocycles. The van der Waals surface area contributed by atoms with Crippen molar-refractivity contribution >= 4 is 22.9 Å². The third kappa shape index (κ3) is 3.15. The minimum Gasteiger partial charge on any atom is -0.454 e. The van der Waals surface area contributed by atoms with E-state index < -0.39 is 0 Å². The maximum Gasteiger partial charge on any atom is 0.233 e. The van der Waals surface area contributed by atoms with Crippen LogP contribution in [0, 0.1) is 0 Å². The number of nitrogens with zero attached hydrogens (tertiary/aromatic N) is 3. The van der Waals surface area contributed by atoms with Crippen molar-refractivity contribution in [2.24, 2.45) is 0 Å². The molecule has 6 nitrogen and oxygen atoms in total. The van der Waals surface area contributed by atoms with Gasteiger partial charge in [0, 0.05) is 16.5 Å². The average Bonchev–Trinajstić information content (AvgIpc) is 3.42. The predicted octanol–water partition coefficient (Wildman–Crippen LogP) is 4.83. The Morgan fingerprint density at radius 2 is 1.93 bits per heavy atom. The second-order valence-electron chi connectivity index (χ2n) is 5.86. The Morgan fingerprint density at radius 3 is 2.85 bits per heavy atom. The average molecular weight is 398 g/mol. The van der Waals surface area contributed by atoms with Crippen molar-refractivity contribution in [1.82, 2.24) is 15.1 Å². The van der Waals surface area contributed by atoms with Gasteiger partial charge in [-0.1, -0.05) is 28.9 Å². The summed E-state index contributed by atoms with van der Waals surface area (Å²) >= 11 is 7.73. The van der Waals surface area contributed by atoms with Crippen molar-refractivity contribution in [2.45, 2.75) is 6.42 Å². The summed E-state index contributed by atoms with van der Waals surface area (Å²) < 4.78 is 16.1. The maximum absolute atomic E-state index is 6.19. The number of ether oxygens (including phenoxy) is 2. The Hall–Kier alpha value is -2.90. The lowest BCUT2D eigenvalue weighted by atomic mass is 10.1. The van der Waals surface area contributed by atoms with Crippen LogP contribution in [-0.4, -0.2) is 21.9 Å². The molecule has 4 aromatic rings. The van der Waals surface area contributed by atoms with Gasteiger partial charge in [0.15, 0.2) is 11.5 Å². The molecule has 1 aliphatic rings. The third-order valence-electron chi connectivity index (χ3n) is 4.11. The summed E-state index contributed by atoms with van der Waals surface area (Å²) in [6.07, 6.45) is 0.465. The first-order valence-electron chi connectivity index (χ1n) is 8.18. The fourth-order valence-corrected chi connectivity index (χ4v) is 3.80. The first-order valence-corrected chi connectivity index (χ1v) is 9.44. The highest BCUT2D eigenvalue weighted by Crippen LogP contribution is 2.36. The van der Waals surface area contributed by atoms with E-state index in [1.165, 1.54) is 0 Å². The van der Waals surface area contributed by atoms with Crippen molar-refractivity contribution in [3.8, 4) is 34.1 Å². The predicted molar refractivity (Wildman–Crippen MR) is 101 cm³/mol. The molecule has 0 saturated heterocycles. The normalized spacial score (nSPS) is 12.5.